The van der Waals surface area contributed by atoms with E-state index in [4.69, 9.17) is 21.4 Å². The molecule has 0 unspecified atom stereocenters. The number of hydrogen-bond donors (Lipinski definition) is 1. The van der Waals surface area contributed by atoms with Crippen LogP contribution in [0.25, 0.3) is 0 Å². The van der Waals surface area contributed by atoms with Gasteiger partial charge in [-0.3, -0.25) is 4.98 Å². The Bertz CT molecular complexity index is 1270. The summed E-state index contributed by atoms with van der Waals surface area (Å²) in [6.45, 7) is 4.97. The van der Waals surface area contributed by atoms with Crippen molar-refractivity contribution in [3.05, 3.63) is 102 Å². The van der Waals surface area contributed by atoms with E-state index in [-0.39, 0.29) is 12.1 Å². The average molecular weight is 459 g/mol. The van der Waals surface area contributed by atoms with Crippen molar-refractivity contribution < 1.29 is 9.15 Å². The van der Waals surface area contributed by atoms with Gasteiger partial charge < -0.3 is 23.9 Å². The van der Waals surface area contributed by atoms with Gasteiger partial charge in [-0.1, -0.05) is 12.1 Å². The fourth-order valence-electron chi connectivity index (χ4n) is 4.64. The van der Waals surface area contributed by atoms with Crippen molar-refractivity contribution in [2.75, 3.05) is 12.0 Å². The van der Waals surface area contributed by atoms with E-state index in [1.807, 2.05) is 54.7 Å². The Hall–Kier alpha value is -3.58. The zero-order chi connectivity index (χ0) is 22.9. The third-order valence-electron chi connectivity index (χ3n) is 6.26. The molecule has 0 radical (unpaired) electrons. The lowest BCUT2D eigenvalue weighted by Gasteiger charge is -2.28. The number of anilines is 1. The van der Waals surface area contributed by atoms with E-state index < -0.39 is 0 Å². The lowest BCUT2D eigenvalue weighted by atomic mass is 9.96. The van der Waals surface area contributed by atoms with Crippen LogP contribution in [0, 0.1) is 13.8 Å². The maximum Gasteiger partial charge on any atom is 0.174 e. The maximum atomic E-state index is 5.86. The van der Waals surface area contributed by atoms with Gasteiger partial charge in [0.05, 0.1) is 37.7 Å². The van der Waals surface area contributed by atoms with Crippen LogP contribution in [-0.4, -0.2) is 21.8 Å². The number of furan rings is 1. The molecule has 7 heteroatoms. The number of methoxy groups -OCH3 is 1. The summed E-state index contributed by atoms with van der Waals surface area (Å²) >= 11 is 5.86. The van der Waals surface area contributed by atoms with Crippen molar-refractivity contribution in [3.8, 4) is 5.75 Å². The van der Waals surface area contributed by atoms with E-state index in [9.17, 15) is 0 Å². The average Bonchev–Trinajstić information content (AvgIpc) is 3.54. The number of pyridine rings is 1. The molecule has 33 heavy (non-hydrogen) atoms. The van der Waals surface area contributed by atoms with Crippen LogP contribution >= 0.6 is 12.2 Å². The van der Waals surface area contributed by atoms with Gasteiger partial charge in [-0.15, -0.1) is 0 Å². The topological polar surface area (TPSA) is 55.5 Å². The number of benzene rings is 1. The fourth-order valence-corrected chi connectivity index (χ4v) is 4.98. The molecule has 1 saturated heterocycles. The highest BCUT2D eigenvalue weighted by atomic mass is 32.1. The van der Waals surface area contributed by atoms with Crippen LogP contribution < -0.4 is 15.0 Å². The van der Waals surface area contributed by atoms with Gasteiger partial charge in [0.2, 0.25) is 0 Å². The number of nitrogens with zero attached hydrogens (tertiary/aromatic N) is 3. The van der Waals surface area contributed by atoms with Gasteiger partial charge in [0, 0.05) is 29.3 Å². The summed E-state index contributed by atoms with van der Waals surface area (Å²) in [5, 5.41) is 4.20. The summed E-state index contributed by atoms with van der Waals surface area (Å²) in [4.78, 5) is 6.83. The molecule has 1 fully saturated rings. The zero-order valence-electron chi connectivity index (χ0n) is 18.9. The number of hydrogen-bond acceptors (Lipinski definition) is 4. The summed E-state index contributed by atoms with van der Waals surface area (Å²) in [6.07, 6.45) is 3.54. The number of rotatable bonds is 6. The van der Waals surface area contributed by atoms with Crippen molar-refractivity contribution >= 4 is 23.0 Å². The van der Waals surface area contributed by atoms with Crippen molar-refractivity contribution in [2.45, 2.75) is 32.5 Å². The molecule has 4 aromatic rings. The smallest absolute Gasteiger partial charge is 0.174 e. The minimum atomic E-state index is -0.0949. The first-order chi connectivity index (χ1) is 16.1. The minimum absolute atomic E-state index is 0.0731. The highest BCUT2D eigenvalue weighted by molar-refractivity contribution is 7.80. The summed E-state index contributed by atoms with van der Waals surface area (Å²) in [6, 6.07) is 20.0. The molecule has 1 aliphatic heterocycles. The maximum absolute atomic E-state index is 5.86. The number of aromatic nitrogens is 2. The second-order valence-corrected chi connectivity index (χ2v) is 8.58. The molecule has 0 amide bonds. The predicted molar refractivity (Wildman–Crippen MR) is 133 cm³/mol. The van der Waals surface area contributed by atoms with Gasteiger partial charge in [0.15, 0.2) is 5.11 Å². The van der Waals surface area contributed by atoms with Gasteiger partial charge in [0.1, 0.15) is 11.5 Å². The summed E-state index contributed by atoms with van der Waals surface area (Å²) < 4.78 is 13.4. The number of thiocarbonyl (C=S) groups is 1. The Balaban J connectivity index is 1.63. The minimum Gasteiger partial charge on any atom is -0.497 e. The van der Waals surface area contributed by atoms with E-state index in [2.05, 4.69) is 45.7 Å². The Morgan fingerprint density at radius 1 is 1.09 bits per heavy atom. The Morgan fingerprint density at radius 3 is 2.70 bits per heavy atom. The van der Waals surface area contributed by atoms with E-state index >= 15 is 0 Å². The van der Waals surface area contributed by atoms with Crippen molar-refractivity contribution in [3.63, 3.8) is 0 Å². The summed E-state index contributed by atoms with van der Waals surface area (Å²) in [7, 11) is 1.68. The predicted octanol–water partition coefficient (Wildman–Crippen LogP) is 5.33. The van der Waals surface area contributed by atoms with Crippen LogP contribution in [0.15, 0.2) is 77.5 Å². The molecule has 0 aliphatic carbocycles. The van der Waals surface area contributed by atoms with Crippen LogP contribution in [0.1, 0.15) is 40.5 Å². The molecule has 6 nitrogen and oxygen atoms in total. The first-order valence-corrected chi connectivity index (χ1v) is 11.3. The van der Waals surface area contributed by atoms with Gasteiger partial charge in [-0.05, 0) is 74.1 Å². The SMILES string of the molecule is COc1cccc(N2C(=S)N[C@H](c3ccccn3)[C@H]2c2cc(C)n(Cc3ccco3)c2C)c1. The van der Waals surface area contributed by atoms with Crippen LogP contribution in [0.4, 0.5) is 5.69 Å². The van der Waals surface area contributed by atoms with Gasteiger partial charge in [0.25, 0.3) is 0 Å². The zero-order valence-corrected chi connectivity index (χ0v) is 19.7. The highest BCUT2D eigenvalue weighted by Gasteiger charge is 2.42. The molecule has 1 aliphatic rings. The molecular weight excluding hydrogens is 432 g/mol. The van der Waals surface area contributed by atoms with Gasteiger partial charge in [-0.2, -0.15) is 0 Å². The Morgan fingerprint density at radius 2 is 1.97 bits per heavy atom. The van der Waals surface area contributed by atoms with Gasteiger partial charge in [-0.25, -0.2) is 0 Å². The molecule has 0 bridgehead atoms. The lowest BCUT2D eigenvalue weighted by molar-refractivity contribution is 0.415. The van der Waals surface area contributed by atoms with Gasteiger partial charge >= 0.3 is 0 Å². The van der Waals surface area contributed by atoms with Crippen LogP contribution in [-0.2, 0) is 6.54 Å². The first-order valence-electron chi connectivity index (χ1n) is 10.9. The van der Waals surface area contributed by atoms with E-state index in [1.165, 1.54) is 17.0 Å². The molecule has 4 heterocycles. The number of nitrogens with one attached hydrogen (secondary N) is 1. The second kappa shape index (κ2) is 8.75. The standard InChI is InChI=1S/C26H26N4O2S/c1-17-14-22(18(2)29(17)16-21-10-7-13-32-21)25-24(23-11-4-5-12-27-23)28-26(33)30(25)19-8-6-9-20(15-19)31-3/h4-15,24-25H,16H2,1-3H3,(H,28,33)/t24-,25-/m1/s1. The second-order valence-electron chi connectivity index (χ2n) is 8.19. The number of ether oxygens (including phenoxy) is 1. The van der Waals surface area contributed by atoms with Crippen molar-refractivity contribution in [2.24, 2.45) is 0 Å². The summed E-state index contributed by atoms with van der Waals surface area (Å²) in [5.41, 5.74) is 5.47. The molecule has 2 atom stereocenters. The van der Waals surface area contributed by atoms with Crippen LogP contribution in [0.5, 0.6) is 5.75 Å². The van der Waals surface area contributed by atoms with Crippen LogP contribution in [0.3, 0.4) is 0 Å². The molecule has 3 aromatic heterocycles. The fraction of sp³-hybridized carbons (Fsp3) is 0.231. The quantitative estimate of drug-likeness (QED) is 0.394. The lowest BCUT2D eigenvalue weighted by Crippen LogP contribution is -2.29. The Labute approximate surface area is 198 Å². The molecule has 1 N–H and O–H groups in total. The van der Waals surface area contributed by atoms with Crippen molar-refractivity contribution in [1.29, 1.82) is 0 Å². The normalized spacial score (nSPS) is 17.9. The number of aryl methyl sites for hydroxylation is 1. The molecule has 168 valence electrons. The third kappa shape index (κ3) is 3.89. The molecular formula is C26H26N4O2S. The molecule has 0 spiro atoms. The van der Waals surface area contributed by atoms with Crippen molar-refractivity contribution in [1.82, 2.24) is 14.9 Å². The van der Waals surface area contributed by atoms with Crippen LogP contribution in [0.2, 0.25) is 0 Å². The summed E-state index contributed by atoms with van der Waals surface area (Å²) in [5.74, 6) is 1.72. The van der Waals surface area contributed by atoms with E-state index in [0.717, 1.165) is 22.9 Å². The monoisotopic (exact) mass is 458 g/mol. The highest BCUT2D eigenvalue weighted by Crippen LogP contribution is 2.43. The third-order valence-corrected chi connectivity index (χ3v) is 6.57. The first kappa shape index (κ1) is 21.3. The largest absolute Gasteiger partial charge is 0.497 e. The molecule has 5 rings (SSSR count). The van der Waals surface area contributed by atoms with E-state index in [0.29, 0.717) is 11.7 Å². The molecule has 1 aromatic carbocycles. The Kier molecular flexibility index (Phi) is 5.64. The van der Waals surface area contributed by atoms with E-state index in [1.54, 1.807) is 13.4 Å². The molecule has 0 saturated carbocycles.